The molecule has 0 amide bonds. The van der Waals surface area contributed by atoms with Gasteiger partial charge in [-0.15, -0.1) is 9.24 Å². The Kier molecular flexibility index (Phi) is 4.19. The molecule has 0 radical (unpaired) electrons. The molecule has 25 heavy (non-hydrogen) atoms. The lowest BCUT2D eigenvalue weighted by atomic mass is 9.93. The minimum atomic E-state index is 0.128. The first-order valence-corrected chi connectivity index (χ1v) is 9.19. The molecule has 0 saturated carbocycles. The van der Waals surface area contributed by atoms with Crippen LogP contribution in [-0.2, 0) is 0 Å². The predicted octanol–water partition coefficient (Wildman–Crippen LogP) is 5.95. The minimum absolute atomic E-state index is 0.128. The average Bonchev–Trinajstić information content (AvgIpc) is 2.62. The SMILES string of the molecule is CC(C)Oc1ccc2ccccc2c1-c1c(P)ccc2ccccc12. The molecule has 0 aromatic heterocycles. The van der Waals surface area contributed by atoms with Gasteiger partial charge in [0.25, 0.3) is 0 Å². The fourth-order valence-electron chi connectivity index (χ4n) is 3.43. The largest absolute Gasteiger partial charge is 0.490 e. The normalized spacial score (nSPS) is 11.4. The standard InChI is InChI=1S/C23H21OP/c1-15(2)24-20-13-11-16-7-3-5-9-18(16)22(20)23-19-10-6-4-8-17(19)12-14-21(23)25/h3-15H,25H2,1-2H3. The van der Waals surface area contributed by atoms with Gasteiger partial charge in [0, 0.05) is 11.1 Å². The molecule has 0 spiro atoms. The minimum Gasteiger partial charge on any atom is -0.490 e. The van der Waals surface area contributed by atoms with Gasteiger partial charge in [0.1, 0.15) is 5.75 Å². The highest BCUT2D eigenvalue weighted by Gasteiger charge is 2.16. The van der Waals surface area contributed by atoms with Crippen molar-refractivity contribution in [2.75, 3.05) is 0 Å². The van der Waals surface area contributed by atoms with Gasteiger partial charge in [-0.2, -0.15) is 0 Å². The van der Waals surface area contributed by atoms with Crippen LogP contribution in [0.3, 0.4) is 0 Å². The van der Waals surface area contributed by atoms with E-state index in [2.05, 4.69) is 95.9 Å². The van der Waals surface area contributed by atoms with Crippen LogP contribution < -0.4 is 10.0 Å². The molecule has 0 bridgehead atoms. The van der Waals surface area contributed by atoms with Crippen molar-refractivity contribution in [2.45, 2.75) is 20.0 Å². The van der Waals surface area contributed by atoms with E-state index in [1.807, 2.05) is 0 Å². The Morgan fingerprint density at radius 1 is 0.680 bits per heavy atom. The average molecular weight is 344 g/mol. The van der Waals surface area contributed by atoms with Crippen molar-refractivity contribution in [3.63, 3.8) is 0 Å². The molecule has 0 N–H and O–H groups in total. The van der Waals surface area contributed by atoms with E-state index in [0.29, 0.717) is 0 Å². The van der Waals surface area contributed by atoms with Crippen molar-refractivity contribution in [3.8, 4) is 16.9 Å². The van der Waals surface area contributed by atoms with Crippen molar-refractivity contribution in [2.24, 2.45) is 0 Å². The highest BCUT2D eigenvalue weighted by Crippen LogP contribution is 2.40. The third kappa shape index (κ3) is 2.90. The summed E-state index contributed by atoms with van der Waals surface area (Å²) in [6.07, 6.45) is 0.128. The summed E-state index contributed by atoms with van der Waals surface area (Å²) in [5.41, 5.74) is 2.41. The second-order valence-corrected chi connectivity index (χ2v) is 7.20. The zero-order valence-corrected chi connectivity index (χ0v) is 15.6. The van der Waals surface area contributed by atoms with Gasteiger partial charge in [-0.3, -0.25) is 0 Å². The molecule has 1 unspecified atom stereocenters. The summed E-state index contributed by atoms with van der Waals surface area (Å²) in [5, 5.41) is 6.13. The maximum absolute atomic E-state index is 6.20. The smallest absolute Gasteiger partial charge is 0.128 e. The Labute approximate surface area is 150 Å². The van der Waals surface area contributed by atoms with Gasteiger partial charge in [0.05, 0.1) is 6.10 Å². The Balaban J connectivity index is 2.15. The van der Waals surface area contributed by atoms with Gasteiger partial charge in [-0.25, -0.2) is 0 Å². The zero-order valence-electron chi connectivity index (χ0n) is 14.5. The van der Waals surface area contributed by atoms with E-state index in [4.69, 9.17) is 4.74 Å². The third-order valence-corrected chi connectivity index (χ3v) is 4.95. The topological polar surface area (TPSA) is 9.23 Å². The van der Waals surface area contributed by atoms with Gasteiger partial charge >= 0.3 is 0 Å². The highest BCUT2D eigenvalue weighted by atomic mass is 31.0. The van der Waals surface area contributed by atoms with Crippen LogP contribution in [0.15, 0.2) is 72.8 Å². The van der Waals surface area contributed by atoms with Gasteiger partial charge in [0.15, 0.2) is 0 Å². The maximum atomic E-state index is 6.20. The molecule has 4 aromatic carbocycles. The monoisotopic (exact) mass is 344 g/mol. The number of ether oxygens (including phenoxy) is 1. The van der Waals surface area contributed by atoms with Gasteiger partial charge < -0.3 is 4.74 Å². The van der Waals surface area contributed by atoms with Gasteiger partial charge in [-0.1, -0.05) is 66.7 Å². The molecule has 1 nitrogen and oxygen atoms in total. The molecule has 0 aliphatic carbocycles. The van der Waals surface area contributed by atoms with E-state index in [1.165, 1.54) is 38.0 Å². The zero-order chi connectivity index (χ0) is 17.4. The Bertz CT molecular complexity index is 1070. The molecule has 0 fully saturated rings. The number of rotatable bonds is 3. The van der Waals surface area contributed by atoms with Crippen LogP contribution >= 0.6 is 9.24 Å². The van der Waals surface area contributed by atoms with Crippen molar-refractivity contribution in [3.05, 3.63) is 72.8 Å². The second-order valence-electron chi connectivity index (χ2n) is 6.58. The first kappa shape index (κ1) is 16.1. The van der Waals surface area contributed by atoms with Crippen LogP contribution in [0.1, 0.15) is 13.8 Å². The van der Waals surface area contributed by atoms with E-state index in [-0.39, 0.29) is 6.10 Å². The van der Waals surface area contributed by atoms with Crippen LogP contribution in [0, 0.1) is 0 Å². The Morgan fingerprint density at radius 2 is 1.24 bits per heavy atom. The second kappa shape index (κ2) is 6.50. The fraction of sp³-hybridized carbons (Fsp3) is 0.130. The molecule has 1 atom stereocenters. The first-order valence-electron chi connectivity index (χ1n) is 8.61. The van der Waals surface area contributed by atoms with Gasteiger partial charge in [0.2, 0.25) is 0 Å². The quantitative estimate of drug-likeness (QED) is 0.417. The van der Waals surface area contributed by atoms with E-state index in [1.54, 1.807) is 0 Å². The molecular weight excluding hydrogens is 323 g/mol. The predicted molar refractivity (Wildman–Crippen MR) is 112 cm³/mol. The summed E-state index contributed by atoms with van der Waals surface area (Å²) < 4.78 is 6.20. The fourth-order valence-corrected chi connectivity index (χ4v) is 3.83. The lowest BCUT2D eigenvalue weighted by Gasteiger charge is -2.19. The first-order chi connectivity index (χ1) is 12.1. The van der Waals surface area contributed by atoms with Crippen molar-refractivity contribution in [1.29, 1.82) is 0 Å². The summed E-state index contributed by atoms with van der Waals surface area (Å²) in [7, 11) is 2.90. The number of fused-ring (bicyclic) bond motifs is 2. The summed E-state index contributed by atoms with van der Waals surface area (Å²) in [6.45, 7) is 4.15. The molecule has 0 saturated heterocycles. The highest BCUT2D eigenvalue weighted by molar-refractivity contribution is 7.28. The molecule has 4 rings (SSSR count). The molecule has 0 aliphatic heterocycles. The lowest BCUT2D eigenvalue weighted by Crippen LogP contribution is -2.08. The molecule has 124 valence electrons. The van der Waals surface area contributed by atoms with Crippen LogP contribution in [0.25, 0.3) is 32.7 Å². The maximum Gasteiger partial charge on any atom is 0.128 e. The van der Waals surface area contributed by atoms with Crippen LogP contribution in [0.5, 0.6) is 5.75 Å². The van der Waals surface area contributed by atoms with Crippen LogP contribution in [-0.4, -0.2) is 6.10 Å². The van der Waals surface area contributed by atoms with E-state index < -0.39 is 0 Å². The van der Waals surface area contributed by atoms with Crippen LogP contribution in [0.4, 0.5) is 0 Å². The molecule has 4 aromatic rings. The Hall–Kier alpha value is -2.37. The summed E-state index contributed by atoms with van der Waals surface area (Å²) >= 11 is 0. The molecular formula is C23H21OP. The van der Waals surface area contributed by atoms with Crippen molar-refractivity contribution in [1.82, 2.24) is 0 Å². The van der Waals surface area contributed by atoms with E-state index >= 15 is 0 Å². The van der Waals surface area contributed by atoms with E-state index in [9.17, 15) is 0 Å². The third-order valence-electron chi connectivity index (χ3n) is 4.46. The molecule has 0 heterocycles. The number of benzene rings is 4. The van der Waals surface area contributed by atoms with E-state index in [0.717, 1.165) is 5.75 Å². The number of hydrogen-bond acceptors (Lipinski definition) is 1. The van der Waals surface area contributed by atoms with Crippen LogP contribution in [0.2, 0.25) is 0 Å². The summed E-state index contributed by atoms with van der Waals surface area (Å²) in [5.74, 6) is 0.939. The molecule has 0 aliphatic rings. The summed E-state index contributed by atoms with van der Waals surface area (Å²) in [6, 6.07) is 25.7. The summed E-state index contributed by atoms with van der Waals surface area (Å²) in [4.78, 5) is 0. The Morgan fingerprint density at radius 3 is 1.88 bits per heavy atom. The van der Waals surface area contributed by atoms with Crippen molar-refractivity contribution < 1.29 is 4.74 Å². The van der Waals surface area contributed by atoms with Crippen molar-refractivity contribution >= 4 is 36.1 Å². The van der Waals surface area contributed by atoms with Gasteiger partial charge in [-0.05, 0) is 46.8 Å². The molecule has 2 heteroatoms. The number of hydrogen-bond donors (Lipinski definition) is 0. The lowest BCUT2D eigenvalue weighted by molar-refractivity contribution is 0.244.